The Hall–Kier alpha value is -2.45. The molecule has 1 amide bonds. The molecule has 3 rings (SSSR count). The van der Waals surface area contributed by atoms with Gasteiger partial charge in [0.25, 0.3) is 5.91 Å². The number of amides is 1. The van der Waals surface area contributed by atoms with Gasteiger partial charge in [-0.05, 0) is 32.0 Å². The molecule has 2 aromatic rings. The molecule has 0 atom stereocenters. The number of hydrogen-bond donors (Lipinski definition) is 1. The van der Waals surface area contributed by atoms with Crippen molar-refractivity contribution in [3.05, 3.63) is 35.9 Å². The van der Waals surface area contributed by atoms with Gasteiger partial charge in [0, 0.05) is 29.4 Å². The first-order chi connectivity index (χ1) is 11.7. The van der Waals surface area contributed by atoms with E-state index in [4.69, 9.17) is 5.11 Å². The van der Waals surface area contributed by atoms with Gasteiger partial charge in [0.2, 0.25) is 10.0 Å². The van der Waals surface area contributed by atoms with Crippen LogP contribution in [-0.2, 0) is 14.8 Å². The smallest absolute Gasteiger partial charge is 0.318 e. The number of carboxylic acids is 1. The Kier molecular flexibility index (Phi) is 4.04. The van der Waals surface area contributed by atoms with Crippen LogP contribution in [-0.4, -0.2) is 49.3 Å². The number of carboxylic acid groups (broad SMARTS) is 1. The maximum Gasteiger partial charge on any atom is 0.318 e. The quantitative estimate of drug-likeness (QED) is 0.877. The van der Waals surface area contributed by atoms with E-state index in [0.29, 0.717) is 22.0 Å². The summed E-state index contributed by atoms with van der Waals surface area (Å²) in [6, 6.07) is 7.43. The molecular formula is C17H18N2O5S. The normalized spacial score (nSPS) is 14.1. The molecular weight excluding hydrogens is 344 g/mol. The average Bonchev–Trinajstić information content (AvgIpc) is 2.79. The van der Waals surface area contributed by atoms with E-state index in [-0.39, 0.29) is 10.8 Å². The Morgan fingerprint density at radius 1 is 1.24 bits per heavy atom. The molecule has 0 unspecified atom stereocenters. The lowest BCUT2D eigenvalue weighted by molar-refractivity contribution is -0.137. The highest BCUT2D eigenvalue weighted by Gasteiger charge is 2.34. The van der Waals surface area contributed by atoms with E-state index in [2.05, 4.69) is 0 Å². The third-order valence-corrected chi connectivity index (χ3v) is 6.41. The Morgan fingerprint density at radius 3 is 2.52 bits per heavy atom. The van der Waals surface area contributed by atoms with Gasteiger partial charge >= 0.3 is 5.97 Å². The molecule has 25 heavy (non-hydrogen) atoms. The summed E-state index contributed by atoms with van der Waals surface area (Å²) in [4.78, 5) is 24.9. The molecule has 0 saturated carbocycles. The SMILES string of the molecule is CC(C)N(CC(=O)O)S(=O)(=O)c1ccc2c3c(cccc13)C(=O)N2C. The van der Waals surface area contributed by atoms with Crippen molar-refractivity contribution < 1.29 is 23.1 Å². The number of anilines is 1. The second kappa shape index (κ2) is 5.82. The van der Waals surface area contributed by atoms with E-state index < -0.39 is 28.6 Å². The van der Waals surface area contributed by atoms with Crippen molar-refractivity contribution in [1.82, 2.24) is 4.31 Å². The van der Waals surface area contributed by atoms with Crippen molar-refractivity contribution in [3.63, 3.8) is 0 Å². The largest absolute Gasteiger partial charge is 0.480 e. The summed E-state index contributed by atoms with van der Waals surface area (Å²) < 4.78 is 27.1. The number of nitrogens with zero attached hydrogens (tertiary/aromatic N) is 2. The van der Waals surface area contributed by atoms with Gasteiger partial charge in [-0.25, -0.2) is 8.42 Å². The van der Waals surface area contributed by atoms with Gasteiger partial charge in [-0.1, -0.05) is 12.1 Å². The summed E-state index contributed by atoms with van der Waals surface area (Å²) in [6.45, 7) is 2.62. The van der Waals surface area contributed by atoms with Crippen LogP contribution in [0.2, 0.25) is 0 Å². The standard InChI is InChI=1S/C17H18N2O5S/c1-10(2)19(9-15(20)21)25(23,24)14-8-7-13-16-11(14)5-4-6-12(16)17(22)18(13)3/h4-8,10H,9H2,1-3H3,(H,20,21). The summed E-state index contributed by atoms with van der Waals surface area (Å²) in [5, 5.41) is 10.1. The highest BCUT2D eigenvalue weighted by molar-refractivity contribution is 7.89. The third kappa shape index (κ3) is 2.58. The van der Waals surface area contributed by atoms with E-state index in [1.165, 1.54) is 11.0 Å². The lowest BCUT2D eigenvalue weighted by Crippen LogP contribution is -2.40. The molecule has 1 aliphatic heterocycles. The Balaban J connectivity index is 2.27. The summed E-state index contributed by atoms with van der Waals surface area (Å²) in [5.74, 6) is -1.42. The zero-order valence-electron chi connectivity index (χ0n) is 14.1. The zero-order chi connectivity index (χ0) is 18.5. The fraction of sp³-hybridized carbons (Fsp3) is 0.294. The molecule has 1 aliphatic rings. The van der Waals surface area contributed by atoms with Gasteiger partial charge in [-0.3, -0.25) is 9.59 Å². The summed E-state index contributed by atoms with van der Waals surface area (Å²) in [5.41, 5.74) is 1.09. The summed E-state index contributed by atoms with van der Waals surface area (Å²) in [7, 11) is -2.40. The van der Waals surface area contributed by atoms with Crippen LogP contribution in [0.1, 0.15) is 24.2 Å². The molecule has 8 heteroatoms. The predicted octanol–water partition coefficient (Wildman–Crippen LogP) is 1.91. The molecule has 1 N–H and O–H groups in total. The van der Waals surface area contributed by atoms with Crippen LogP contribution in [0, 0.1) is 0 Å². The second-order valence-corrected chi connectivity index (χ2v) is 8.07. The lowest BCUT2D eigenvalue weighted by Gasteiger charge is -2.25. The van der Waals surface area contributed by atoms with Crippen molar-refractivity contribution in [2.24, 2.45) is 0 Å². The molecule has 0 radical (unpaired) electrons. The topological polar surface area (TPSA) is 95.0 Å². The Morgan fingerprint density at radius 2 is 1.92 bits per heavy atom. The van der Waals surface area contributed by atoms with Crippen LogP contribution in [0.5, 0.6) is 0 Å². The number of sulfonamides is 1. The van der Waals surface area contributed by atoms with Crippen LogP contribution < -0.4 is 4.90 Å². The van der Waals surface area contributed by atoms with Crippen molar-refractivity contribution in [3.8, 4) is 0 Å². The molecule has 132 valence electrons. The van der Waals surface area contributed by atoms with Crippen molar-refractivity contribution in [2.45, 2.75) is 24.8 Å². The maximum atomic E-state index is 13.1. The molecule has 0 fully saturated rings. The van der Waals surface area contributed by atoms with Gasteiger partial charge in [0.1, 0.15) is 6.54 Å². The van der Waals surface area contributed by atoms with Crippen molar-refractivity contribution in [2.75, 3.05) is 18.5 Å². The maximum absolute atomic E-state index is 13.1. The predicted molar refractivity (Wildman–Crippen MR) is 93.3 cm³/mol. The minimum Gasteiger partial charge on any atom is -0.480 e. The van der Waals surface area contributed by atoms with E-state index in [0.717, 1.165) is 4.31 Å². The highest BCUT2D eigenvalue weighted by atomic mass is 32.2. The summed E-state index contributed by atoms with van der Waals surface area (Å²) in [6.07, 6.45) is 0. The van der Waals surface area contributed by atoms with Crippen LogP contribution >= 0.6 is 0 Å². The van der Waals surface area contributed by atoms with Crippen molar-refractivity contribution in [1.29, 1.82) is 0 Å². The number of carbonyl (C=O) groups excluding carboxylic acids is 1. The molecule has 0 bridgehead atoms. The monoisotopic (exact) mass is 362 g/mol. The molecule has 0 aliphatic carbocycles. The molecule has 7 nitrogen and oxygen atoms in total. The molecule has 0 aromatic heterocycles. The van der Waals surface area contributed by atoms with Crippen molar-refractivity contribution >= 4 is 38.4 Å². The number of benzene rings is 2. The fourth-order valence-corrected chi connectivity index (χ4v) is 4.91. The number of aliphatic carboxylic acids is 1. The third-order valence-electron chi connectivity index (χ3n) is 4.33. The second-order valence-electron chi connectivity index (χ2n) is 6.21. The first kappa shape index (κ1) is 17.4. The Labute approximate surface area is 145 Å². The van der Waals surface area contributed by atoms with Gasteiger partial charge in [0.05, 0.1) is 10.6 Å². The van der Waals surface area contributed by atoms with Crippen LogP contribution in [0.15, 0.2) is 35.2 Å². The molecule has 1 heterocycles. The Bertz CT molecular complexity index is 998. The fourth-order valence-electron chi connectivity index (χ4n) is 3.14. The van der Waals surface area contributed by atoms with Gasteiger partial charge in [-0.2, -0.15) is 4.31 Å². The van der Waals surface area contributed by atoms with E-state index in [9.17, 15) is 18.0 Å². The molecule has 2 aromatic carbocycles. The van der Waals surface area contributed by atoms with Gasteiger partial charge in [0.15, 0.2) is 0 Å². The van der Waals surface area contributed by atoms with Crippen LogP contribution in [0.3, 0.4) is 0 Å². The molecule has 0 saturated heterocycles. The first-order valence-corrected chi connectivity index (χ1v) is 9.17. The van der Waals surface area contributed by atoms with Crippen LogP contribution in [0.25, 0.3) is 10.8 Å². The van der Waals surface area contributed by atoms with E-state index in [1.54, 1.807) is 45.2 Å². The van der Waals surface area contributed by atoms with Crippen LogP contribution in [0.4, 0.5) is 5.69 Å². The van der Waals surface area contributed by atoms with E-state index in [1.807, 2.05) is 0 Å². The number of carbonyl (C=O) groups is 2. The van der Waals surface area contributed by atoms with E-state index >= 15 is 0 Å². The minimum absolute atomic E-state index is 0.00569. The minimum atomic E-state index is -4.04. The average molecular weight is 362 g/mol. The zero-order valence-corrected chi connectivity index (χ0v) is 14.9. The first-order valence-electron chi connectivity index (χ1n) is 7.73. The number of rotatable bonds is 5. The van der Waals surface area contributed by atoms with Gasteiger partial charge in [-0.15, -0.1) is 0 Å². The lowest BCUT2D eigenvalue weighted by atomic mass is 10.1. The number of hydrogen-bond acceptors (Lipinski definition) is 4. The summed E-state index contributed by atoms with van der Waals surface area (Å²) >= 11 is 0. The van der Waals surface area contributed by atoms with Gasteiger partial charge < -0.3 is 10.0 Å². The highest BCUT2D eigenvalue weighted by Crippen LogP contribution is 2.40. The molecule has 0 spiro atoms.